The van der Waals surface area contributed by atoms with Crippen LogP contribution in [0.15, 0.2) is 29.3 Å². The summed E-state index contributed by atoms with van der Waals surface area (Å²) in [6.07, 6.45) is -4.24. The summed E-state index contributed by atoms with van der Waals surface area (Å²) in [6, 6.07) is 4.44. The topological polar surface area (TPSA) is 130 Å². The number of hydrogen-bond acceptors (Lipinski definition) is 11. The smallest absolute Gasteiger partial charge is 0.377 e. The van der Waals surface area contributed by atoms with Crippen LogP contribution in [0.25, 0.3) is 10.6 Å². The highest BCUT2D eigenvalue weighted by molar-refractivity contribution is 7.91. The van der Waals surface area contributed by atoms with E-state index in [1.807, 2.05) is 0 Å². The fourth-order valence-electron chi connectivity index (χ4n) is 4.98. The Balaban J connectivity index is 1.35. The maximum absolute atomic E-state index is 14.1. The van der Waals surface area contributed by atoms with Crippen molar-refractivity contribution in [1.29, 1.82) is 0 Å². The van der Waals surface area contributed by atoms with E-state index < -0.39 is 33.2 Å². The van der Waals surface area contributed by atoms with E-state index in [1.54, 1.807) is 12.1 Å². The molecule has 0 spiro atoms. The van der Waals surface area contributed by atoms with E-state index in [0.717, 1.165) is 25.7 Å². The molecule has 11 nitrogen and oxygen atoms in total. The molecule has 17 heteroatoms. The van der Waals surface area contributed by atoms with Gasteiger partial charge in [-0.3, -0.25) is 4.79 Å². The zero-order chi connectivity index (χ0) is 29.8. The molecule has 2 fully saturated rings. The van der Waals surface area contributed by atoms with Crippen LogP contribution in [0.2, 0.25) is 5.15 Å². The fourth-order valence-corrected chi connectivity index (χ4v) is 8.09. The van der Waals surface area contributed by atoms with Crippen molar-refractivity contribution >= 4 is 56.1 Å². The summed E-state index contributed by atoms with van der Waals surface area (Å²) < 4.78 is 73.4. The summed E-state index contributed by atoms with van der Waals surface area (Å²) >= 11 is 7.07. The van der Waals surface area contributed by atoms with Crippen molar-refractivity contribution < 1.29 is 31.1 Å². The standard InChI is InChI=1S/C25H25ClF3N7O4S2/c1-13-10-35(5-4-30-13)19-3-2-16(22(26)33-19)32-24-31-9-15(25(27,28)29)20(34-24)17-8-18-21(41-17)23(37)36(14-11-40-12-14)6-7-42(18,38)39/h2-3,8-9,13-14,30H,4-7,10-12H2,1H3,(H,31,32,34)/t13-/m1/s1. The number of pyridine rings is 1. The molecule has 42 heavy (non-hydrogen) atoms. The Labute approximate surface area is 248 Å². The first-order valence-electron chi connectivity index (χ1n) is 13.0. The van der Waals surface area contributed by atoms with Crippen molar-refractivity contribution in [3.8, 4) is 10.6 Å². The van der Waals surface area contributed by atoms with E-state index in [2.05, 4.69) is 37.4 Å². The molecule has 3 aromatic rings. The van der Waals surface area contributed by atoms with Gasteiger partial charge >= 0.3 is 6.18 Å². The van der Waals surface area contributed by atoms with Gasteiger partial charge in [-0.15, -0.1) is 11.3 Å². The number of carbonyl (C=O) groups excluding carboxylic acids is 1. The van der Waals surface area contributed by atoms with Gasteiger partial charge in [-0.25, -0.2) is 23.4 Å². The number of thiophene rings is 1. The Kier molecular flexibility index (Phi) is 7.54. The van der Waals surface area contributed by atoms with Gasteiger partial charge in [-0.05, 0) is 25.1 Å². The van der Waals surface area contributed by atoms with Crippen molar-refractivity contribution in [1.82, 2.24) is 25.2 Å². The van der Waals surface area contributed by atoms with Crippen LogP contribution in [-0.4, -0.2) is 91.4 Å². The summed E-state index contributed by atoms with van der Waals surface area (Å²) in [4.78, 5) is 28.6. The second-order valence-corrected chi connectivity index (χ2v) is 13.7. The molecule has 3 aromatic heterocycles. The largest absolute Gasteiger partial charge is 0.420 e. The number of ether oxygens (including phenoxy) is 1. The van der Waals surface area contributed by atoms with Gasteiger partial charge in [0.15, 0.2) is 15.0 Å². The molecule has 3 aliphatic heterocycles. The summed E-state index contributed by atoms with van der Waals surface area (Å²) in [5.41, 5.74) is -1.46. The highest BCUT2D eigenvalue weighted by Crippen LogP contribution is 2.42. The van der Waals surface area contributed by atoms with Crippen LogP contribution >= 0.6 is 22.9 Å². The minimum absolute atomic E-state index is 0.0252. The minimum Gasteiger partial charge on any atom is -0.377 e. The van der Waals surface area contributed by atoms with Gasteiger partial charge in [0.05, 0.1) is 46.2 Å². The zero-order valence-electron chi connectivity index (χ0n) is 22.1. The van der Waals surface area contributed by atoms with E-state index in [4.69, 9.17) is 16.3 Å². The quantitative estimate of drug-likeness (QED) is 0.399. The number of hydrogen-bond donors (Lipinski definition) is 2. The first kappa shape index (κ1) is 29.0. The summed E-state index contributed by atoms with van der Waals surface area (Å²) in [7, 11) is -3.95. The number of fused-ring (bicyclic) bond motifs is 1. The molecule has 0 unspecified atom stereocenters. The summed E-state index contributed by atoms with van der Waals surface area (Å²) in [5, 5.41) is 6.23. The molecule has 0 saturated carbocycles. The lowest BCUT2D eigenvalue weighted by atomic mass is 10.2. The van der Waals surface area contributed by atoms with Gasteiger partial charge in [0.25, 0.3) is 5.91 Å². The molecule has 224 valence electrons. The summed E-state index contributed by atoms with van der Waals surface area (Å²) in [6.45, 7) is 4.82. The number of alkyl halides is 3. The number of nitrogens with one attached hydrogen (secondary N) is 2. The normalized spacial score (nSPS) is 21.1. The molecule has 6 rings (SSSR count). The lowest BCUT2D eigenvalue weighted by Gasteiger charge is -2.36. The lowest BCUT2D eigenvalue weighted by molar-refractivity contribution is -0.137. The van der Waals surface area contributed by atoms with Crippen LogP contribution in [0.5, 0.6) is 0 Å². The number of carbonyl (C=O) groups is 1. The van der Waals surface area contributed by atoms with Crippen molar-refractivity contribution in [3.63, 3.8) is 0 Å². The van der Waals surface area contributed by atoms with Gasteiger partial charge < -0.3 is 25.2 Å². The second-order valence-electron chi connectivity index (χ2n) is 10.2. The van der Waals surface area contributed by atoms with Gasteiger partial charge in [-0.2, -0.15) is 13.2 Å². The molecule has 0 bridgehead atoms. The first-order valence-corrected chi connectivity index (χ1v) is 15.9. The second kappa shape index (κ2) is 10.9. The number of rotatable bonds is 5. The molecular weight excluding hydrogens is 619 g/mol. The Morgan fingerprint density at radius 2 is 2.00 bits per heavy atom. The van der Waals surface area contributed by atoms with Gasteiger partial charge in [-0.1, -0.05) is 11.6 Å². The number of aromatic nitrogens is 3. The zero-order valence-corrected chi connectivity index (χ0v) is 24.5. The molecule has 0 radical (unpaired) electrons. The number of sulfone groups is 1. The van der Waals surface area contributed by atoms with E-state index in [9.17, 15) is 26.4 Å². The number of amides is 1. The molecule has 2 N–H and O–H groups in total. The maximum atomic E-state index is 14.1. The van der Waals surface area contributed by atoms with Gasteiger partial charge in [0.2, 0.25) is 5.95 Å². The number of halogens is 4. The van der Waals surface area contributed by atoms with E-state index in [-0.39, 0.29) is 69.0 Å². The van der Waals surface area contributed by atoms with Crippen molar-refractivity contribution in [3.05, 3.63) is 40.0 Å². The van der Waals surface area contributed by atoms with Crippen LogP contribution < -0.4 is 15.5 Å². The molecule has 3 aliphatic rings. The fraction of sp³-hybridized carbons (Fsp3) is 0.440. The molecule has 6 heterocycles. The molecule has 1 amide bonds. The Morgan fingerprint density at radius 1 is 1.21 bits per heavy atom. The predicted molar refractivity (Wildman–Crippen MR) is 150 cm³/mol. The van der Waals surface area contributed by atoms with Crippen molar-refractivity contribution in [2.24, 2.45) is 0 Å². The molecular formula is C25H25ClF3N7O4S2. The Morgan fingerprint density at radius 3 is 2.67 bits per heavy atom. The number of anilines is 3. The molecule has 1 atom stereocenters. The van der Waals surface area contributed by atoms with Crippen molar-refractivity contribution in [2.45, 2.75) is 30.1 Å². The average molecular weight is 644 g/mol. The molecule has 0 aromatic carbocycles. The monoisotopic (exact) mass is 643 g/mol. The Hall–Kier alpha value is -3.05. The summed E-state index contributed by atoms with van der Waals surface area (Å²) in [5.74, 6) is -0.471. The molecule has 2 saturated heterocycles. The number of piperazine rings is 1. The van der Waals surface area contributed by atoms with E-state index >= 15 is 0 Å². The van der Waals surface area contributed by atoms with E-state index in [1.165, 1.54) is 4.90 Å². The van der Waals surface area contributed by atoms with Gasteiger partial charge in [0.1, 0.15) is 16.3 Å². The predicted octanol–water partition coefficient (Wildman–Crippen LogP) is 3.44. The van der Waals surface area contributed by atoms with Gasteiger partial charge in [0, 0.05) is 38.4 Å². The molecule has 0 aliphatic carbocycles. The van der Waals surface area contributed by atoms with Crippen LogP contribution in [0.3, 0.4) is 0 Å². The van der Waals surface area contributed by atoms with E-state index in [0.29, 0.717) is 23.4 Å². The highest BCUT2D eigenvalue weighted by atomic mass is 35.5. The lowest BCUT2D eigenvalue weighted by Crippen LogP contribution is -2.52. The minimum atomic E-state index is -4.85. The Bertz CT molecular complexity index is 1650. The third-order valence-corrected chi connectivity index (χ3v) is 10.5. The average Bonchev–Trinajstić information content (AvgIpc) is 3.34. The van der Waals surface area contributed by atoms with Crippen LogP contribution in [0.4, 0.5) is 30.6 Å². The highest BCUT2D eigenvalue weighted by Gasteiger charge is 2.41. The number of nitrogens with zero attached hydrogens (tertiary/aromatic N) is 5. The van der Waals surface area contributed by atoms with Crippen LogP contribution in [0, 0.1) is 0 Å². The third kappa shape index (κ3) is 5.53. The van der Waals surface area contributed by atoms with Crippen molar-refractivity contribution in [2.75, 3.05) is 55.4 Å². The van der Waals surface area contributed by atoms with Crippen LogP contribution in [0.1, 0.15) is 22.2 Å². The maximum Gasteiger partial charge on any atom is 0.420 e. The first-order chi connectivity index (χ1) is 19.9. The third-order valence-electron chi connectivity index (χ3n) is 7.25. The van der Waals surface area contributed by atoms with Crippen LogP contribution in [-0.2, 0) is 20.8 Å². The SMILES string of the molecule is C[C@@H]1CN(c2ccc(Nc3ncc(C(F)(F)F)c(-c4cc5c(s4)C(=O)N(C4COC4)CCS5(=O)=O)n3)c(Cl)n2)CCN1.